The van der Waals surface area contributed by atoms with Gasteiger partial charge in [-0.2, -0.15) is 0 Å². The summed E-state index contributed by atoms with van der Waals surface area (Å²) in [5.41, 5.74) is 0.296. The predicted octanol–water partition coefficient (Wildman–Crippen LogP) is 1.06. The Balaban J connectivity index is 2.53. The molecule has 0 radical (unpaired) electrons. The number of aromatic nitrogens is 2. The molecule has 0 unspecified atom stereocenters. The number of esters is 1. The van der Waals surface area contributed by atoms with Crippen LogP contribution in [0.15, 0.2) is 4.79 Å². The van der Waals surface area contributed by atoms with Gasteiger partial charge in [-0.05, 0) is 26.7 Å². The average molecular weight is 236 g/mol. The van der Waals surface area contributed by atoms with Crippen molar-refractivity contribution in [3.05, 3.63) is 27.4 Å². The van der Waals surface area contributed by atoms with Gasteiger partial charge in [0, 0.05) is 13.0 Å². The highest BCUT2D eigenvalue weighted by Crippen LogP contribution is 2.12. The van der Waals surface area contributed by atoms with Gasteiger partial charge in [0.15, 0.2) is 0 Å². The summed E-state index contributed by atoms with van der Waals surface area (Å²) in [7, 11) is 0. The van der Waals surface area contributed by atoms with E-state index in [0.29, 0.717) is 12.2 Å². The monoisotopic (exact) mass is 236 g/mol. The lowest BCUT2D eigenvalue weighted by atomic mass is 10.1. The largest absolute Gasteiger partial charge is 0.462 e. The standard InChI is InChI=1S/C12H16N2O3/c1-3-17-12(16)10-8(2)13-9-6-4-5-7-14(9)11(10)15/h3-7H2,1-2H3. The number of hydrogen-bond donors (Lipinski definition) is 0. The number of carbonyl (C=O) groups excluding carboxylic acids is 1. The molecule has 2 rings (SSSR count). The minimum absolute atomic E-state index is 0.0810. The highest BCUT2D eigenvalue weighted by atomic mass is 16.5. The van der Waals surface area contributed by atoms with Crippen LogP contribution < -0.4 is 5.56 Å². The highest BCUT2D eigenvalue weighted by Gasteiger charge is 2.22. The number of ether oxygens (including phenoxy) is 1. The number of hydrogen-bond acceptors (Lipinski definition) is 4. The molecule has 0 aliphatic carbocycles. The van der Waals surface area contributed by atoms with Crippen molar-refractivity contribution < 1.29 is 9.53 Å². The minimum Gasteiger partial charge on any atom is -0.462 e. The van der Waals surface area contributed by atoms with E-state index in [4.69, 9.17) is 4.74 Å². The summed E-state index contributed by atoms with van der Waals surface area (Å²) in [6.07, 6.45) is 2.81. The molecule has 0 saturated carbocycles. The molecule has 0 spiro atoms. The van der Waals surface area contributed by atoms with Gasteiger partial charge in [0.05, 0.1) is 12.3 Å². The van der Waals surface area contributed by atoms with E-state index in [1.54, 1.807) is 18.4 Å². The fourth-order valence-electron chi connectivity index (χ4n) is 2.13. The molecule has 0 N–H and O–H groups in total. The van der Waals surface area contributed by atoms with Crippen molar-refractivity contribution in [2.24, 2.45) is 0 Å². The summed E-state index contributed by atoms with van der Waals surface area (Å²) in [5.74, 6) is 0.218. The first kappa shape index (κ1) is 11.8. The Morgan fingerprint density at radius 1 is 1.47 bits per heavy atom. The van der Waals surface area contributed by atoms with Crippen LogP contribution in [-0.2, 0) is 17.7 Å². The number of fused-ring (bicyclic) bond motifs is 1. The van der Waals surface area contributed by atoms with Crippen LogP contribution in [-0.4, -0.2) is 22.1 Å². The summed E-state index contributed by atoms with van der Waals surface area (Å²) in [4.78, 5) is 28.2. The van der Waals surface area contributed by atoms with Gasteiger partial charge in [-0.1, -0.05) is 0 Å². The lowest BCUT2D eigenvalue weighted by Crippen LogP contribution is -2.34. The van der Waals surface area contributed by atoms with Crippen molar-refractivity contribution in [3.63, 3.8) is 0 Å². The maximum Gasteiger partial charge on any atom is 0.345 e. The highest BCUT2D eigenvalue weighted by molar-refractivity contribution is 5.90. The van der Waals surface area contributed by atoms with Crippen molar-refractivity contribution in [1.29, 1.82) is 0 Å². The van der Waals surface area contributed by atoms with E-state index in [0.717, 1.165) is 25.1 Å². The van der Waals surface area contributed by atoms with Crippen molar-refractivity contribution in [3.8, 4) is 0 Å². The lowest BCUT2D eigenvalue weighted by molar-refractivity contribution is 0.0521. The Morgan fingerprint density at radius 2 is 2.24 bits per heavy atom. The summed E-state index contributed by atoms with van der Waals surface area (Å²) in [6, 6.07) is 0. The third-order valence-corrected chi connectivity index (χ3v) is 2.94. The second-order valence-corrected chi connectivity index (χ2v) is 4.12. The molecule has 1 aliphatic heterocycles. The zero-order valence-electron chi connectivity index (χ0n) is 10.2. The van der Waals surface area contributed by atoms with Crippen LogP contribution >= 0.6 is 0 Å². The molecule has 92 valence electrons. The second-order valence-electron chi connectivity index (χ2n) is 4.12. The molecule has 1 aliphatic rings. The van der Waals surface area contributed by atoms with Crippen LogP contribution in [0.1, 0.15) is 41.6 Å². The molecule has 0 amide bonds. The summed E-state index contributed by atoms with van der Waals surface area (Å²) < 4.78 is 6.49. The molecular formula is C12H16N2O3. The van der Waals surface area contributed by atoms with Crippen LogP contribution in [0, 0.1) is 6.92 Å². The zero-order valence-corrected chi connectivity index (χ0v) is 10.2. The minimum atomic E-state index is -0.566. The molecule has 0 aromatic carbocycles. The Hall–Kier alpha value is -1.65. The van der Waals surface area contributed by atoms with Crippen molar-refractivity contribution >= 4 is 5.97 Å². The van der Waals surface area contributed by atoms with Gasteiger partial charge >= 0.3 is 5.97 Å². The Bertz CT molecular complexity index is 505. The van der Waals surface area contributed by atoms with Crippen molar-refractivity contribution in [2.45, 2.75) is 39.7 Å². The topological polar surface area (TPSA) is 61.2 Å². The number of rotatable bonds is 2. The summed E-state index contributed by atoms with van der Waals surface area (Å²) >= 11 is 0. The molecule has 17 heavy (non-hydrogen) atoms. The van der Waals surface area contributed by atoms with Crippen molar-refractivity contribution in [2.75, 3.05) is 6.61 Å². The molecule has 5 nitrogen and oxygen atoms in total. The molecule has 5 heteroatoms. The van der Waals surface area contributed by atoms with E-state index >= 15 is 0 Å². The van der Waals surface area contributed by atoms with E-state index in [2.05, 4.69) is 4.98 Å². The molecule has 1 aromatic rings. The van der Waals surface area contributed by atoms with Crippen LogP contribution in [0.25, 0.3) is 0 Å². The molecular weight excluding hydrogens is 220 g/mol. The van der Waals surface area contributed by atoms with Gasteiger partial charge < -0.3 is 4.74 Å². The summed E-state index contributed by atoms with van der Waals surface area (Å²) in [6.45, 7) is 4.31. The Morgan fingerprint density at radius 3 is 2.94 bits per heavy atom. The number of nitrogens with zero attached hydrogens (tertiary/aromatic N) is 2. The van der Waals surface area contributed by atoms with E-state index < -0.39 is 5.97 Å². The fraction of sp³-hybridized carbons (Fsp3) is 0.583. The fourth-order valence-corrected chi connectivity index (χ4v) is 2.13. The quantitative estimate of drug-likeness (QED) is 0.720. The number of aryl methyl sites for hydroxylation is 2. The Labute approximate surface area is 99.4 Å². The molecule has 2 heterocycles. The van der Waals surface area contributed by atoms with E-state index in [1.807, 2.05) is 0 Å². The first-order valence-corrected chi connectivity index (χ1v) is 5.92. The van der Waals surface area contributed by atoms with Gasteiger partial charge in [0.25, 0.3) is 5.56 Å². The third-order valence-electron chi connectivity index (χ3n) is 2.94. The normalized spacial score (nSPS) is 14.2. The molecule has 0 bridgehead atoms. The maximum absolute atomic E-state index is 12.2. The van der Waals surface area contributed by atoms with Crippen LogP contribution in [0.4, 0.5) is 0 Å². The van der Waals surface area contributed by atoms with Crippen LogP contribution in [0.2, 0.25) is 0 Å². The zero-order chi connectivity index (χ0) is 12.4. The van der Waals surface area contributed by atoms with Gasteiger partial charge in [0.2, 0.25) is 0 Å². The SMILES string of the molecule is CCOC(=O)c1c(C)nc2n(c1=O)CCCC2. The first-order chi connectivity index (χ1) is 8.15. The molecule has 0 saturated heterocycles. The Kier molecular flexibility index (Phi) is 3.26. The smallest absolute Gasteiger partial charge is 0.345 e. The van der Waals surface area contributed by atoms with Crippen LogP contribution in [0.3, 0.4) is 0 Å². The van der Waals surface area contributed by atoms with Gasteiger partial charge in [-0.25, -0.2) is 9.78 Å². The van der Waals surface area contributed by atoms with Gasteiger partial charge in [-0.3, -0.25) is 9.36 Å². The first-order valence-electron chi connectivity index (χ1n) is 5.92. The predicted molar refractivity (Wildman–Crippen MR) is 62.1 cm³/mol. The van der Waals surface area contributed by atoms with E-state index in [1.165, 1.54) is 0 Å². The third kappa shape index (κ3) is 2.09. The van der Waals surface area contributed by atoms with Crippen molar-refractivity contribution in [1.82, 2.24) is 9.55 Å². The lowest BCUT2D eigenvalue weighted by Gasteiger charge is -2.18. The van der Waals surface area contributed by atoms with Gasteiger partial charge in [-0.15, -0.1) is 0 Å². The maximum atomic E-state index is 12.2. The summed E-state index contributed by atoms with van der Waals surface area (Å²) in [5, 5.41) is 0. The molecule has 0 atom stereocenters. The number of carbonyl (C=O) groups is 1. The van der Waals surface area contributed by atoms with E-state index in [-0.39, 0.29) is 17.7 Å². The average Bonchev–Trinajstić information content (AvgIpc) is 2.29. The second kappa shape index (κ2) is 4.69. The van der Waals surface area contributed by atoms with Gasteiger partial charge in [0.1, 0.15) is 11.4 Å². The molecule has 1 aromatic heterocycles. The van der Waals surface area contributed by atoms with Crippen LogP contribution in [0.5, 0.6) is 0 Å². The molecule has 0 fully saturated rings. The van der Waals surface area contributed by atoms with E-state index in [9.17, 15) is 9.59 Å².